The predicted octanol–water partition coefficient (Wildman–Crippen LogP) is 6.82. The van der Waals surface area contributed by atoms with E-state index in [1.54, 1.807) is 18.2 Å². The van der Waals surface area contributed by atoms with Crippen molar-refractivity contribution in [2.75, 3.05) is 10.5 Å². The molecule has 0 aromatic heterocycles. The van der Waals surface area contributed by atoms with E-state index in [0.717, 1.165) is 17.2 Å². The molecule has 0 fully saturated rings. The molecule has 6 nitrogen and oxygen atoms in total. The Balaban J connectivity index is 2.08. The van der Waals surface area contributed by atoms with Gasteiger partial charge in [-0.1, -0.05) is 105 Å². The summed E-state index contributed by atoms with van der Waals surface area (Å²) in [5.41, 5.74) is 2.36. The van der Waals surface area contributed by atoms with Crippen LogP contribution >= 0.6 is 31.9 Å². The minimum atomic E-state index is -0.548. The van der Waals surface area contributed by atoms with Crippen molar-refractivity contribution in [3.05, 3.63) is 105 Å². The van der Waals surface area contributed by atoms with E-state index in [-0.39, 0.29) is 21.4 Å². The molecule has 0 aliphatic carbocycles. The number of nitrogens with zero attached hydrogens (tertiary/aromatic N) is 2. The molecule has 0 aliphatic rings. The number of anilines is 2. The maximum atomic E-state index is 11.6. The molecule has 0 amide bonds. The number of alkyl halides is 2. The normalized spacial score (nSPS) is 13.3. The van der Waals surface area contributed by atoms with Gasteiger partial charge in [-0.15, -0.1) is 5.23 Å². The van der Waals surface area contributed by atoms with E-state index in [1.165, 1.54) is 0 Å². The van der Waals surface area contributed by atoms with Crippen LogP contribution in [-0.2, 0) is 0 Å². The molecular weight excluding hydrogens is 516 g/mol. The first kappa shape index (κ1) is 22.5. The summed E-state index contributed by atoms with van der Waals surface area (Å²) >= 11 is 7.25. The fourth-order valence-electron chi connectivity index (χ4n) is 3.01. The van der Waals surface area contributed by atoms with Crippen LogP contribution in [0.4, 0.5) is 11.4 Å². The minimum absolute atomic E-state index is 0.0826. The quantitative estimate of drug-likeness (QED) is 0.197. The molecule has 0 spiro atoms. The van der Waals surface area contributed by atoms with Crippen molar-refractivity contribution in [2.45, 2.75) is 9.65 Å². The van der Waals surface area contributed by atoms with Crippen molar-refractivity contribution < 1.29 is 10.4 Å². The average molecular weight is 534 g/mol. The van der Waals surface area contributed by atoms with Gasteiger partial charge in [0, 0.05) is 5.69 Å². The summed E-state index contributed by atoms with van der Waals surface area (Å²) in [6.45, 7) is 0. The second-order valence-corrected chi connectivity index (χ2v) is 8.45. The molecule has 0 aliphatic heterocycles. The van der Waals surface area contributed by atoms with Gasteiger partial charge in [-0.25, -0.2) is 0 Å². The Hall–Kier alpha value is -2.20. The standard InChI is InChI=1S/C22H18Br2N2O4/c23-21(16-9-5-2-6-10-16)22(24)18-13-17(12-11-15-7-3-1-4-8-15)19(25(27)28)14-20(18)26(29)30/h1-14,21-22,29-30H/q-2/t21-,22+/m1/s1. The van der Waals surface area contributed by atoms with Gasteiger partial charge in [0.1, 0.15) is 5.69 Å². The van der Waals surface area contributed by atoms with Crippen LogP contribution in [0.2, 0.25) is 0 Å². The minimum Gasteiger partial charge on any atom is -0.769 e. The molecule has 3 aromatic rings. The molecule has 0 saturated heterocycles. The van der Waals surface area contributed by atoms with E-state index in [2.05, 4.69) is 31.9 Å². The Labute approximate surface area is 191 Å². The summed E-state index contributed by atoms with van der Waals surface area (Å²) in [6.07, 6.45) is 3.42. The Morgan fingerprint density at radius 1 is 0.767 bits per heavy atom. The van der Waals surface area contributed by atoms with Gasteiger partial charge in [-0.05, 0) is 34.4 Å². The lowest BCUT2D eigenvalue weighted by Gasteiger charge is -2.39. The largest absolute Gasteiger partial charge is 0.769 e. The lowest BCUT2D eigenvalue weighted by Crippen LogP contribution is -2.17. The zero-order chi connectivity index (χ0) is 21.7. The first-order chi connectivity index (χ1) is 14.4. The molecule has 0 unspecified atom stereocenters. The second-order valence-electron chi connectivity index (χ2n) is 6.47. The van der Waals surface area contributed by atoms with E-state index in [0.29, 0.717) is 11.1 Å². The van der Waals surface area contributed by atoms with E-state index in [1.807, 2.05) is 60.7 Å². The summed E-state index contributed by atoms with van der Waals surface area (Å²) < 4.78 is 0. The van der Waals surface area contributed by atoms with Crippen LogP contribution in [0.5, 0.6) is 0 Å². The van der Waals surface area contributed by atoms with Crippen molar-refractivity contribution in [1.29, 1.82) is 0 Å². The topological polar surface area (TPSA) is 93.1 Å². The van der Waals surface area contributed by atoms with Crippen LogP contribution < -0.4 is 10.5 Å². The van der Waals surface area contributed by atoms with Gasteiger partial charge in [-0.3, -0.25) is 10.4 Å². The van der Waals surface area contributed by atoms with Crippen LogP contribution in [0.3, 0.4) is 0 Å². The lowest BCUT2D eigenvalue weighted by atomic mass is 9.98. The van der Waals surface area contributed by atoms with E-state index in [9.17, 15) is 20.8 Å². The zero-order valence-electron chi connectivity index (χ0n) is 15.6. The molecule has 0 saturated carbocycles. The molecule has 0 bridgehead atoms. The Bertz CT molecular complexity index is 999. The van der Waals surface area contributed by atoms with Gasteiger partial charge < -0.3 is 15.6 Å². The smallest absolute Gasteiger partial charge is 0.101 e. The van der Waals surface area contributed by atoms with Crippen molar-refractivity contribution in [3.63, 3.8) is 0 Å². The predicted molar refractivity (Wildman–Crippen MR) is 127 cm³/mol. The van der Waals surface area contributed by atoms with Crippen LogP contribution in [0.25, 0.3) is 12.2 Å². The molecule has 8 heteroatoms. The Kier molecular flexibility index (Phi) is 7.65. The highest BCUT2D eigenvalue weighted by Gasteiger charge is 2.25. The number of hydrogen-bond donors (Lipinski definition) is 2. The van der Waals surface area contributed by atoms with E-state index in [4.69, 9.17) is 0 Å². The van der Waals surface area contributed by atoms with Gasteiger partial charge in [-0.2, -0.15) is 0 Å². The molecule has 2 atom stereocenters. The van der Waals surface area contributed by atoms with Crippen molar-refractivity contribution in [2.24, 2.45) is 0 Å². The monoisotopic (exact) mass is 532 g/mol. The highest BCUT2D eigenvalue weighted by Crippen LogP contribution is 2.47. The van der Waals surface area contributed by atoms with Crippen molar-refractivity contribution >= 4 is 55.4 Å². The van der Waals surface area contributed by atoms with Crippen molar-refractivity contribution in [1.82, 2.24) is 0 Å². The number of halogens is 2. The summed E-state index contributed by atoms with van der Waals surface area (Å²) in [5.74, 6) is 0. The SMILES string of the molecule is [O-]N([O-])c1cc(N(O)O)c([C@H](Br)[C@H](Br)c2ccccc2)cc1C=Cc1ccccc1. The third kappa shape index (κ3) is 5.28. The van der Waals surface area contributed by atoms with Gasteiger partial charge in [0.2, 0.25) is 0 Å². The first-order valence-corrected chi connectivity index (χ1v) is 10.8. The Morgan fingerprint density at radius 2 is 1.37 bits per heavy atom. The van der Waals surface area contributed by atoms with Gasteiger partial charge in [0.15, 0.2) is 0 Å². The lowest BCUT2D eigenvalue weighted by molar-refractivity contribution is 0.0287. The van der Waals surface area contributed by atoms with Crippen LogP contribution in [0, 0.1) is 10.4 Å². The average Bonchev–Trinajstić information content (AvgIpc) is 2.77. The van der Waals surface area contributed by atoms with Crippen LogP contribution in [0.15, 0.2) is 72.8 Å². The molecule has 3 aromatic carbocycles. The fraction of sp³-hybridized carbons (Fsp3) is 0.0909. The summed E-state index contributed by atoms with van der Waals surface area (Å²) in [7, 11) is 0. The first-order valence-electron chi connectivity index (χ1n) is 8.95. The molecule has 30 heavy (non-hydrogen) atoms. The van der Waals surface area contributed by atoms with Crippen LogP contribution in [0.1, 0.15) is 31.9 Å². The molecular formula is C22H18Br2N2O4-2. The van der Waals surface area contributed by atoms with E-state index < -0.39 is 10.1 Å². The molecule has 2 N–H and O–H groups in total. The van der Waals surface area contributed by atoms with Crippen molar-refractivity contribution in [3.8, 4) is 0 Å². The Morgan fingerprint density at radius 3 is 1.93 bits per heavy atom. The molecule has 156 valence electrons. The summed E-state index contributed by atoms with van der Waals surface area (Å²) in [5, 5.41) is 42.0. The highest BCUT2D eigenvalue weighted by atomic mass is 79.9. The molecule has 0 radical (unpaired) electrons. The second kappa shape index (κ2) is 10.2. The van der Waals surface area contributed by atoms with Gasteiger partial charge in [0.05, 0.1) is 9.65 Å². The maximum Gasteiger partial charge on any atom is 0.101 e. The third-order valence-corrected chi connectivity index (χ3v) is 7.30. The van der Waals surface area contributed by atoms with E-state index >= 15 is 0 Å². The molecule has 0 heterocycles. The third-order valence-electron chi connectivity index (χ3n) is 4.52. The number of rotatable bonds is 7. The summed E-state index contributed by atoms with van der Waals surface area (Å²) in [4.78, 5) is -0.619. The summed E-state index contributed by atoms with van der Waals surface area (Å²) in [6, 6.07) is 21.7. The highest BCUT2D eigenvalue weighted by molar-refractivity contribution is 9.12. The molecule has 3 rings (SSSR count). The number of hydrogen-bond acceptors (Lipinski definition) is 6. The fourth-order valence-corrected chi connectivity index (χ4v) is 4.27. The van der Waals surface area contributed by atoms with Gasteiger partial charge >= 0.3 is 0 Å². The number of benzene rings is 3. The van der Waals surface area contributed by atoms with Gasteiger partial charge in [0.25, 0.3) is 0 Å². The van der Waals surface area contributed by atoms with Crippen LogP contribution in [-0.4, -0.2) is 10.4 Å². The zero-order valence-corrected chi connectivity index (χ0v) is 18.8. The maximum absolute atomic E-state index is 11.6.